The summed E-state index contributed by atoms with van der Waals surface area (Å²) in [7, 11) is 0. The van der Waals surface area contributed by atoms with E-state index in [2.05, 4.69) is 10.3 Å². The molecule has 0 spiro atoms. The van der Waals surface area contributed by atoms with Crippen molar-refractivity contribution in [2.24, 2.45) is 5.92 Å². The second kappa shape index (κ2) is 4.17. The van der Waals surface area contributed by atoms with Gasteiger partial charge in [-0.25, -0.2) is 4.68 Å². The van der Waals surface area contributed by atoms with Crippen molar-refractivity contribution in [2.45, 2.75) is 18.4 Å². The highest BCUT2D eigenvalue weighted by Crippen LogP contribution is 2.45. The lowest BCUT2D eigenvalue weighted by molar-refractivity contribution is -0.160. The minimum absolute atomic E-state index is 0.197. The number of carboxylic acid groups (broad SMARTS) is 1. The molecule has 0 amide bonds. The van der Waals surface area contributed by atoms with Crippen LogP contribution in [0.2, 0.25) is 0 Å². The van der Waals surface area contributed by atoms with Crippen LogP contribution in [-0.2, 0) is 10.4 Å². The van der Waals surface area contributed by atoms with Crippen LogP contribution >= 0.6 is 0 Å². The molecule has 19 heavy (non-hydrogen) atoms. The van der Waals surface area contributed by atoms with Crippen LogP contribution in [0.3, 0.4) is 0 Å². The van der Waals surface area contributed by atoms with Gasteiger partial charge in [0.1, 0.15) is 5.60 Å². The van der Waals surface area contributed by atoms with E-state index >= 15 is 0 Å². The van der Waals surface area contributed by atoms with Gasteiger partial charge in [0.2, 0.25) is 0 Å². The van der Waals surface area contributed by atoms with E-state index in [4.69, 9.17) is 5.11 Å². The summed E-state index contributed by atoms with van der Waals surface area (Å²) in [5.74, 6) is -1.37. The summed E-state index contributed by atoms with van der Waals surface area (Å²) >= 11 is 0. The van der Waals surface area contributed by atoms with Crippen LogP contribution in [0.1, 0.15) is 18.5 Å². The number of hydrogen-bond acceptors (Lipinski definition) is 4. The summed E-state index contributed by atoms with van der Waals surface area (Å²) < 4.78 is 1.55. The Labute approximate surface area is 109 Å². The van der Waals surface area contributed by atoms with E-state index in [9.17, 15) is 9.90 Å². The van der Waals surface area contributed by atoms with Gasteiger partial charge in [0, 0.05) is 0 Å². The number of para-hydroxylation sites is 1. The predicted molar refractivity (Wildman–Crippen MR) is 65.6 cm³/mol. The molecule has 1 fully saturated rings. The average molecular weight is 259 g/mol. The highest BCUT2D eigenvalue weighted by atomic mass is 16.4. The molecule has 1 heterocycles. The van der Waals surface area contributed by atoms with Gasteiger partial charge in [-0.2, -0.15) is 0 Å². The second-order valence-corrected chi connectivity index (χ2v) is 4.84. The quantitative estimate of drug-likeness (QED) is 0.856. The molecule has 1 aliphatic rings. The lowest BCUT2D eigenvalue weighted by Gasteiger charge is -2.41. The lowest BCUT2D eigenvalue weighted by Crippen LogP contribution is -2.45. The van der Waals surface area contributed by atoms with Crippen molar-refractivity contribution in [3.05, 3.63) is 42.2 Å². The Bertz CT molecular complexity index is 603. The van der Waals surface area contributed by atoms with Crippen molar-refractivity contribution < 1.29 is 15.0 Å². The molecule has 0 atom stereocenters. The molecule has 1 aromatic heterocycles. The topological polar surface area (TPSA) is 88.2 Å². The fourth-order valence-electron chi connectivity index (χ4n) is 2.45. The minimum atomic E-state index is -1.15. The zero-order valence-corrected chi connectivity index (χ0v) is 10.1. The van der Waals surface area contributed by atoms with Crippen LogP contribution in [0.25, 0.3) is 5.69 Å². The highest BCUT2D eigenvalue weighted by Gasteiger charge is 2.49. The number of hydrogen-bond donors (Lipinski definition) is 2. The molecular weight excluding hydrogens is 246 g/mol. The van der Waals surface area contributed by atoms with E-state index in [0.717, 1.165) is 5.69 Å². The maximum absolute atomic E-state index is 10.8. The van der Waals surface area contributed by atoms with Gasteiger partial charge in [-0.15, -0.1) is 5.10 Å². The molecule has 0 radical (unpaired) electrons. The van der Waals surface area contributed by atoms with Gasteiger partial charge >= 0.3 is 5.97 Å². The Kier molecular flexibility index (Phi) is 2.60. The van der Waals surface area contributed by atoms with Crippen LogP contribution in [-0.4, -0.2) is 31.2 Å². The summed E-state index contributed by atoms with van der Waals surface area (Å²) in [4.78, 5) is 10.8. The van der Waals surface area contributed by atoms with Crippen LogP contribution in [0.5, 0.6) is 0 Å². The Morgan fingerprint density at radius 3 is 2.63 bits per heavy atom. The molecule has 0 unspecified atom stereocenters. The molecule has 2 N–H and O–H groups in total. The summed E-state index contributed by atoms with van der Waals surface area (Å²) in [5, 5.41) is 27.2. The molecule has 3 rings (SSSR count). The van der Waals surface area contributed by atoms with Crippen molar-refractivity contribution in [3.63, 3.8) is 0 Å². The first kappa shape index (κ1) is 11.9. The highest BCUT2D eigenvalue weighted by molar-refractivity contribution is 5.71. The number of aromatic nitrogens is 3. The van der Waals surface area contributed by atoms with E-state index < -0.39 is 17.5 Å². The van der Waals surface area contributed by atoms with E-state index in [0.29, 0.717) is 5.69 Å². The zero-order chi connectivity index (χ0) is 13.5. The normalized spacial score (nSPS) is 25.8. The predicted octanol–water partition coefficient (Wildman–Crippen LogP) is 0.949. The molecule has 98 valence electrons. The van der Waals surface area contributed by atoms with E-state index in [1.165, 1.54) is 6.20 Å². The summed E-state index contributed by atoms with van der Waals surface area (Å²) in [6, 6.07) is 9.33. The number of carboxylic acids is 1. The van der Waals surface area contributed by atoms with E-state index in [-0.39, 0.29) is 12.8 Å². The van der Waals surface area contributed by atoms with Crippen molar-refractivity contribution in [1.82, 2.24) is 15.0 Å². The summed E-state index contributed by atoms with van der Waals surface area (Å²) in [6.45, 7) is 0. The zero-order valence-electron chi connectivity index (χ0n) is 10.1. The minimum Gasteiger partial charge on any atom is -0.481 e. The van der Waals surface area contributed by atoms with Gasteiger partial charge in [-0.1, -0.05) is 23.4 Å². The smallest absolute Gasteiger partial charge is 0.306 e. The average Bonchev–Trinajstić information content (AvgIpc) is 2.85. The van der Waals surface area contributed by atoms with Crippen LogP contribution in [0, 0.1) is 5.92 Å². The number of aliphatic carboxylic acids is 1. The van der Waals surface area contributed by atoms with Crippen molar-refractivity contribution in [1.29, 1.82) is 0 Å². The SMILES string of the molecule is O=C(O)C1CC(O)(c2cnnn2-c2ccccc2)C1. The summed E-state index contributed by atoms with van der Waals surface area (Å²) in [6.07, 6.45) is 1.89. The van der Waals surface area contributed by atoms with E-state index in [1.807, 2.05) is 30.3 Å². The van der Waals surface area contributed by atoms with Gasteiger partial charge in [-0.05, 0) is 25.0 Å². The molecule has 0 saturated heterocycles. The first-order valence-electron chi connectivity index (χ1n) is 6.02. The fourth-order valence-corrected chi connectivity index (χ4v) is 2.45. The van der Waals surface area contributed by atoms with Crippen LogP contribution in [0.15, 0.2) is 36.5 Å². The van der Waals surface area contributed by atoms with Crippen LogP contribution in [0.4, 0.5) is 0 Å². The third kappa shape index (κ3) is 1.90. The number of nitrogens with zero attached hydrogens (tertiary/aromatic N) is 3. The van der Waals surface area contributed by atoms with Gasteiger partial charge < -0.3 is 10.2 Å². The van der Waals surface area contributed by atoms with Crippen molar-refractivity contribution >= 4 is 5.97 Å². The Morgan fingerprint density at radius 2 is 2.00 bits per heavy atom. The number of benzene rings is 1. The van der Waals surface area contributed by atoms with Crippen molar-refractivity contribution in [3.8, 4) is 5.69 Å². The molecule has 0 aliphatic heterocycles. The first-order chi connectivity index (χ1) is 9.10. The maximum Gasteiger partial charge on any atom is 0.306 e. The third-order valence-electron chi connectivity index (χ3n) is 3.54. The Balaban J connectivity index is 1.92. The molecule has 1 aliphatic carbocycles. The van der Waals surface area contributed by atoms with Gasteiger partial charge in [0.15, 0.2) is 0 Å². The first-order valence-corrected chi connectivity index (χ1v) is 6.02. The number of rotatable bonds is 3. The number of aliphatic hydroxyl groups is 1. The van der Waals surface area contributed by atoms with Gasteiger partial charge in [0.25, 0.3) is 0 Å². The molecule has 6 nitrogen and oxygen atoms in total. The standard InChI is InChI=1S/C13H13N3O3/c17-12(18)9-6-13(19,7-9)11-8-14-15-16(11)10-4-2-1-3-5-10/h1-5,8-9,19H,6-7H2,(H,17,18). The number of carbonyl (C=O) groups is 1. The molecule has 1 aromatic carbocycles. The molecule has 2 aromatic rings. The maximum atomic E-state index is 10.8. The van der Waals surface area contributed by atoms with Crippen molar-refractivity contribution in [2.75, 3.05) is 0 Å². The van der Waals surface area contributed by atoms with Crippen LogP contribution < -0.4 is 0 Å². The fraction of sp³-hybridized carbons (Fsp3) is 0.308. The third-order valence-corrected chi connectivity index (χ3v) is 3.54. The molecular formula is C13H13N3O3. The lowest BCUT2D eigenvalue weighted by atomic mass is 9.69. The monoisotopic (exact) mass is 259 g/mol. The molecule has 1 saturated carbocycles. The van der Waals surface area contributed by atoms with E-state index in [1.54, 1.807) is 4.68 Å². The van der Waals surface area contributed by atoms with Gasteiger partial charge in [-0.3, -0.25) is 4.79 Å². The largest absolute Gasteiger partial charge is 0.481 e. The molecule has 6 heteroatoms. The second-order valence-electron chi connectivity index (χ2n) is 4.84. The Morgan fingerprint density at radius 1 is 1.32 bits per heavy atom. The molecule has 0 bridgehead atoms. The Hall–Kier alpha value is -2.21. The van der Waals surface area contributed by atoms with Gasteiger partial charge in [0.05, 0.1) is 23.5 Å². The summed E-state index contributed by atoms with van der Waals surface area (Å²) in [5.41, 5.74) is 0.181.